The second-order valence-electron chi connectivity index (χ2n) is 1.74. The maximum Gasteiger partial charge on any atom is 0.378 e. The lowest BCUT2D eigenvalue weighted by molar-refractivity contribution is -0.137. The van der Waals surface area contributed by atoms with Crippen molar-refractivity contribution in [3.05, 3.63) is 11.5 Å². The van der Waals surface area contributed by atoms with Crippen LogP contribution in [0, 0.1) is 0 Å². The molecule has 0 aromatic carbocycles. The number of esters is 2. The highest BCUT2D eigenvalue weighted by atomic mass is 16.6. The molecule has 1 rings (SSSR count). The van der Waals surface area contributed by atoms with E-state index >= 15 is 0 Å². The molecular formula is C6H6O5. The fourth-order valence-electron chi connectivity index (χ4n) is 0.531. The second kappa shape index (κ2) is 2.61. The van der Waals surface area contributed by atoms with Crippen molar-refractivity contribution in [3.8, 4) is 0 Å². The Hall–Kier alpha value is -1.52. The van der Waals surface area contributed by atoms with Crippen LogP contribution in [0.5, 0.6) is 0 Å². The average Bonchev–Trinajstić information content (AvgIpc) is 2.80. The summed E-state index contributed by atoms with van der Waals surface area (Å²) >= 11 is 0. The van der Waals surface area contributed by atoms with Crippen LogP contribution in [0.3, 0.4) is 0 Å². The summed E-state index contributed by atoms with van der Waals surface area (Å²) in [5.41, 5.74) is 0. The third-order valence-corrected chi connectivity index (χ3v) is 1.11. The number of hydrogen-bond donors (Lipinski definition) is 0. The summed E-state index contributed by atoms with van der Waals surface area (Å²) in [6, 6.07) is 0. The van der Waals surface area contributed by atoms with E-state index in [4.69, 9.17) is 0 Å². The molecule has 0 spiro atoms. The summed E-state index contributed by atoms with van der Waals surface area (Å²) in [5, 5.41) is 0. The molecule has 0 bridgehead atoms. The maximum absolute atomic E-state index is 10.6. The van der Waals surface area contributed by atoms with Crippen molar-refractivity contribution in [1.29, 1.82) is 0 Å². The van der Waals surface area contributed by atoms with Gasteiger partial charge in [0.2, 0.25) is 0 Å². The molecule has 1 heterocycles. The Morgan fingerprint density at radius 3 is 1.73 bits per heavy atom. The fraction of sp³-hybridized carbons (Fsp3) is 0.333. The molecule has 0 aromatic rings. The lowest BCUT2D eigenvalue weighted by atomic mass is 10.5. The number of ether oxygens (including phenoxy) is 3. The average molecular weight is 158 g/mol. The van der Waals surface area contributed by atoms with Crippen molar-refractivity contribution in [1.82, 2.24) is 0 Å². The van der Waals surface area contributed by atoms with E-state index in [1.807, 2.05) is 0 Å². The van der Waals surface area contributed by atoms with Gasteiger partial charge >= 0.3 is 11.9 Å². The molecule has 0 radical (unpaired) electrons. The molecule has 5 heteroatoms. The van der Waals surface area contributed by atoms with Gasteiger partial charge in [0.05, 0.1) is 14.2 Å². The minimum Gasteiger partial charge on any atom is -0.463 e. The molecule has 5 nitrogen and oxygen atoms in total. The quantitative estimate of drug-likeness (QED) is 0.510. The van der Waals surface area contributed by atoms with Crippen LogP contribution >= 0.6 is 0 Å². The molecule has 11 heavy (non-hydrogen) atoms. The molecule has 60 valence electrons. The smallest absolute Gasteiger partial charge is 0.378 e. The SMILES string of the molecule is COC(=O)C1=C(C(=O)OC)O1. The topological polar surface area (TPSA) is 65.1 Å². The van der Waals surface area contributed by atoms with Gasteiger partial charge in [0.25, 0.3) is 11.5 Å². The predicted molar refractivity (Wildman–Crippen MR) is 32.1 cm³/mol. The Labute approximate surface area is 62.5 Å². The van der Waals surface area contributed by atoms with Crippen LogP contribution < -0.4 is 0 Å². The monoisotopic (exact) mass is 158 g/mol. The van der Waals surface area contributed by atoms with Gasteiger partial charge < -0.3 is 14.2 Å². The van der Waals surface area contributed by atoms with E-state index in [-0.39, 0.29) is 11.5 Å². The van der Waals surface area contributed by atoms with Gasteiger partial charge in [0.1, 0.15) is 0 Å². The van der Waals surface area contributed by atoms with E-state index in [2.05, 4.69) is 14.2 Å². The number of rotatable bonds is 2. The van der Waals surface area contributed by atoms with Crippen molar-refractivity contribution >= 4 is 11.9 Å². The zero-order chi connectivity index (χ0) is 8.43. The lowest BCUT2D eigenvalue weighted by Crippen LogP contribution is -1.98. The van der Waals surface area contributed by atoms with E-state index < -0.39 is 11.9 Å². The van der Waals surface area contributed by atoms with Gasteiger partial charge in [0.15, 0.2) is 0 Å². The molecular weight excluding hydrogens is 152 g/mol. The van der Waals surface area contributed by atoms with Crippen molar-refractivity contribution < 1.29 is 23.8 Å². The van der Waals surface area contributed by atoms with Crippen molar-refractivity contribution in [2.75, 3.05) is 14.2 Å². The first kappa shape index (κ1) is 7.59. The van der Waals surface area contributed by atoms with Gasteiger partial charge in [-0.1, -0.05) is 0 Å². The Kier molecular flexibility index (Phi) is 1.80. The summed E-state index contributed by atoms with van der Waals surface area (Å²) in [4.78, 5) is 21.2. The van der Waals surface area contributed by atoms with Crippen molar-refractivity contribution in [3.63, 3.8) is 0 Å². The summed E-state index contributed by atoms with van der Waals surface area (Å²) < 4.78 is 13.0. The van der Waals surface area contributed by atoms with Crippen LogP contribution in [-0.2, 0) is 23.8 Å². The minimum absolute atomic E-state index is 0.0700. The Morgan fingerprint density at radius 1 is 1.09 bits per heavy atom. The molecule has 0 N–H and O–H groups in total. The zero-order valence-corrected chi connectivity index (χ0v) is 6.04. The van der Waals surface area contributed by atoms with Crippen LogP contribution in [0.25, 0.3) is 0 Å². The van der Waals surface area contributed by atoms with Crippen LogP contribution in [-0.4, -0.2) is 26.2 Å². The normalized spacial score (nSPS) is 13.6. The molecule has 1 aliphatic rings. The van der Waals surface area contributed by atoms with E-state index in [1.54, 1.807) is 0 Å². The third-order valence-electron chi connectivity index (χ3n) is 1.11. The second-order valence-corrected chi connectivity index (χ2v) is 1.74. The Morgan fingerprint density at radius 2 is 1.45 bits per heavy atom. The number of carbonyl (C=O) groups is 2. The molecule has 0 aromatic heterocycles. The van der Waals surface area contributed by atoms with Crippen molar-refractivity contribution in [2.24, 2.45) is 0 Å². The maximum atomic E-state index is 10.6. The summed E-state index contributed by atoms with van der Waals surface area (Å²) in [5.74, 6) is -1.46. The number of hydrogen-bond acceptors (Lipinski definition) is 5. The van der Waals surface area contributed by atoms with Gasteiger partial charge in [0, 0.05) is 0 Å². The van der Waals surface area contributed by atoms with Gasteiger partial charge in [-0.25, -0.2) is 9.59 Å². The molecule has 1 aliphatic heterocycles. The third kappa shape index (κ3) is 1.31. The van der Waals surface area contributed by atoms with Gasteiger partial charge in [-0.3, -0.25) is 0 Å². The van der Waals surface area contributed by atoms with Crippen LogP contribution in [0.15, 0.2) is 11.5 Å². The molecule has 0 saturated carbocycles. The summed E-state index contributed by atoms with van der Waals surface area (Å²) in [7, 11) is 2.40. The van der Waals surface area contributed by atoms with E-state index in [0.717, 1.165) is 0 Å². The molecule has 0 aliphatic carbocycles. The van der Waals surface area contributed by atoms with Gasteiger partial charge in [-0.05, 0) is 0 Å². The largest absolute Gasteiger partial charge is 0.463 e. The first-order valence-electron chi connectivity index (χ1n) is 2.79. The first-order chi connectivity index (χ1) is 5.20. The minimum atomic E-state index is -0.662. The highest BCUT2D eigenvalue weighted by Gasteiger charge is 2.39. The van der Waals surface area contributed by atoms with Crippen LogP contribution in [0.2, 0.25) is 0 Å². The van der Waals surface area contributed by atoms with E-state index in [9.17, 15) is 9.59 Å². The molecule has 0 amide bonds. The number of methoxy groups -OCH3 is 2. The predicted octanol–water partition coefficient (Wildman–Crippen LogP) is -0.426. The standard InChI is InChI=1S/C6H6O5/c1-9-5(7)3-4(11-3)6(8)10-2/h1-2H3. The fourth-order valence-corrected chi connectivity index (χ4v) is 0.531. The van der Waals surface area contributed by atoms with E-state index in [1.165, 1.54) is 14.2 Å². The Balaban J connectivity index is 2.61. The zero-order valence-electron chi connectivity index (χ0n) is 6.04. The van der Waals surface area contributed by atoms with Crippen LogP contribution in [0.1, 0.15) is 0 Å². The molecule has 0 saturated heterocycles. The molecule has 0 unspecified atom stereocenters. The molecule has 0 fully saturated rings. The summed E-state index contributed by atoms with van der Waals surface area (Å²) in [6.07, 6.45) is 0. The summed E-state index contributed by atoms with van der Waals surface area (Å²) in [6.45, 7) is 0. The van der Waals surface area contributed by atoms with Gasteiger partial charge in [-0.2, -0.15) is 0 Å². The molecule has 0 atom stereocenters. The highest BCUT2D eigenvalue weighted by molar-refractivity contribution is 6.03. The first-order valence-corrected chi connectivity index (χ1v) is 2.79. The van der Waals surface area contributed by atoms with Gasteiger partial charge in [-0.15, -0.1) is 0 Å². The van der Waals surface area contributed by atoms with E-state index in [0.29, 0.717) is 0 Å². The highest BCUT2D eigenvalue weighted by Crippen LogP contribution is 2.27. The number of carbonyl (C=O) groups excluding carboxylic acids is 2. The Bertz CT molecular complexity index is 215. The lowest BCUT2D eigenvalue weighted by Gasteiger charge is -1.84. The van der Waals surface area contributed by atoms with Crippen LogP contribution in [0.4, 0.5) is 0 Å². The van der Waals surface area contributed by atoms with Crippen molar-refractivity contribution in [2.45, 2.75) is 0 Å².